The second-order valence-electron chi connectivity index (χ2n) is 9.80. The molecule has 2 aromatic heterocycles. The SMILES string of the molecule is CC(C)(C)OC(=O)N1CCc2nc(-n3ccc4c(-c5ccc6c(c5)OCCO6)cccc43)sc2C1. The van der Waals surface area contributed by atoms with Crippen molar-refractivity contribution in [1.29, 1.82) is 0 Å². The molecule has 4 aromatic rings. The minimum Gasteiger partial charge on any atom is -0.486 e. The Morgan fingerprint density at radius 3 is 2.74 bits per heavy atom. The number of hydrogen-bond acceptors (Lipinski definition) is 6. The van der Waals surface area contributed by atoms with Crippen LogP contribution in [0, 0.1) is 0 Å². The van der Waals surface area contributed by atoms with Gasteiger partial charge in [0.05, 0.1) is 17.8 Å². The zero-order valence-electron chi connectivity index (χ0n) is 20.0. The van der Waals surface area contributed by atoms with Crippen molar-refractivity contribution in [3.63, 3.8) is 0 Å². The number of aromatic nitrogens is 2. The lowest BCUT2D eigenvalue weighted by Gasteiger charge is -2.29. The van der Waals surface area contributed by atoms with Gasteiger partial charge >= 0.3 is 6.09 Å². The van der Waals surface area contributed by atoms with Crippen LogP contribution in [0.5, 0.6) is 11.5 Å². The molecule has 6 rings (SSSR count). The van der Waals surface area contributed by atoms with Gasteiger partial charge in [-0.05, 0) is 56.2 Å². The Hall–Kier alpha value is -3.52. The highest BCUT2D eigenvalue weighted by molar-refractivity contribution is 7.14. The van der Waals surface area contributed by atoms with Gasteiger partial charge in [-0.1, -0.05) is 29.5 Å². The second-order valence-corrected chi connectivity index (χ2v) is 10.9. The standard InChI is InChI=1S/C27H27N3O4S/c1-27(2,3)34-26(31)29-11-10-20-24(16-29)35-25(28-20)30-12-9-19-18(5-4-6-21(19)30)17-7-8-22-23(15-17)33-14-13-32-22/h4-9,12,15H,10-11,13-14,16H2,1-3H3. The molecule has 0 saturated heterocycles. The number of carbonyl (C=O) groups excluding carboxylic acids is 1. The quantitative estimate of drug-likeness (QED) is 0.355. The summed E-state index contributed by atoms with van der Waals surface area (Å²) in [4.78, 5) is 20.4. The maximum atomic E-state index is 12.6. The van der Waals surface area contributed by atoms with Gasteiger partial charge in [0.25, 0.3) is 0 Å². The highest BCUT2D eigenvalue weighted by atomic mass is 32.1. The summed E-state index contributed by atoms with van der Waals surface area (Å²) in [6, 6.07) is 14.6. The zero-order valence-corrected chi connectivity index (χ0v) is 20.9. The highest BCUT2D eigenvalue weighted by Crippen LogP contribution is 2.38. The summed E-state index contributed by atoms with van der Waals surface area (Å²) < 4.78 is 19.2. The smallest absolute Gasteiger partial charge is 0.410 e. The van der Waals surface area contributed by atoms with Gasteiger partial charge in [0.1, 0.15) is 18.8 Å². The van der Waals surface area contributed by atoms with Gasteiger partial charge < -0.3 is 19.1 Å². The fourth-order valence-corrected chi connectivity index (χ4v) is 5.68. The molecule has 2 aliphatic heterocycles. The van der Waals surface area contributed by atoms with Crippen LogP contribution in [0.1, 0.15) is 31.3 Å². The van der Waals surface area contributed by atoms with Gasteiger partial charge in [-0.25, -0.2) is 9.78 Å². The van der Waals surface area contributed by atoms with Crippen LogP contribution in [0.15, 0.2) is 48.7 Å². The van der Waals surface area contributed by atoms with E-state index in [1.807, 2.05) is 32.9 Å². The fourth-order valence-electron chi connectivity index (χ4n) is 4.56. The van der Waals surface area contributed by atoms with Crippen molar-refractivity contribution in [3.05, 3.63) is 59.2 Å². The third kappa shape index (κ3) is 4.12. The van der Waals surface area contributed by atoms with E-state index in [-0.39, 0.29) is 6.09 Å². The summed E-state index contributed by atoms with van der Waals surface area (Å²) in [6.45, 7) is 7.97. The van der Waals surface area contributed by atoms with Gasteiger partial charge in [-0.3, -0.25) is 4.57 Å². The first-order chi connectivity index (χ1) is 16.9. The molecule has 0 radical (unpaired) electrons. The van der Waals surface area contributed by atoms with Crippen molar-refractivity contribution in [2.75, 3.05) is 19.8 Å². The molecular weight excluding hydrogens is 462 g/mol. The summed E-state index contributed by atoms with van der Waals surface area (Å²) in [5, 5.41) is 2.06. The number of fused-ring (bicyclic) bond motifs is 3. The lowest BCUT2D eigenvalue weighted by atomic mass is 10.0. The maximum Gasteiger partial charge on any atom is 0.410 e. The van der Waals surface area contributed by atoms with Crippen molar-refractivity contribution in [2.45, 2.75) is 39.3 Å². The summed E-state index contributed by atoms with van der Waals surface area (Å²) in [6.07, 6.45) is 2.53. The summed E-state index contributed by atoms with van der Waals surface area (Å²) in [5.74, 6) is 1.57. The molecule has 35 heavy (non-hydrogen) atoms. The van der Waals surface area contributed by atoms with E-state index in [1.165, 1.54) is 0 Å². The third-order valence-electron chi connectivity index (χ3n) is 6.16. The van der Waals surface area contributed by atoms with Crippen LogP contribution in [0.3, 0.4) is 0 Å². The van der Waals surface area contributed by atoms with Crippen LogP contribution in [-0.4, -0.2) is 45.9 Å². The van der Waals surface area contributed by atoms with Crippen LogP contribution in [0.2, 0.25) is 0 Å². The molecule has 0 unspecified atom stereocenters. The van der Waals surface area contributed by atoms with Gasteiger partial charge in [0, 0.05) is 29.4 Å². The van der Waals surface area contributed by atoms with Crippen molar-refractivity contribution in [1.82, 2.24) is 14.5 Å². The first-order valence-corrected chi connectivity index (χ1v) is 12.6. The fraction of sp³-hybridized carbons (Fsp3) is 0.333. The first-order valence-electron chi connectivity index (χ1n) is 11.8. The van der Waals surface area contributed by atoms with E-state index >= 15 is 0 Å². The summed E-state index contributed by atoms with van der Waals surface area (Å²) in [7, 11) is 0. The van der Waals surface area contributed by atoms with Gasteiger partial charge in [0.15, 0.2) is 16.6 Å². The van der Waals surface area contributed by atoms with E-state index in [9.17, 15) is 4.79 Å². The van der Waals surface area contributed by atoms with Crippen LogP contribution < -0.4 is 9.47 Å². The van der Waals surface area contributed by atoms with E-state index in [4.69, 9.17) is 19.2 Å². The highest BCUT2D eigenvalue weighted by Gasteiger charge is 2.28. The number of thiazole rings is 1. The largest absolute Gasteiger partial charge is 0.486 e. The van der Waals surface area contributed by atoms with Crippen molar-refractivity contribution in [3.8, 4) is 27.8 Å². The number of rotatable bonds is 2. The van der Waals surface area contributed by atoms with Gasteiger partial charge in [-0.2, -0.15) is 0 Å². The minimum absolute atomic E-state index is 0.270. The van der Waals surface area contributed by atoms with E-state index < -0.39 is 5.60 Å². The molecule has 7 nitrogen and oxygen atoms in total. The molecule has 0 aliphatic carbocycles. The van der Waals surface area contributed by atoms with Crippen molar-refractivity contribution >= 4 is 28.3 Å². The Balaban J connectivity index is 1.31. The number of benzene rings is 2. The molecule has 0 bridgehead atoms. The average molecular weight is 490 g/mol. The molecule has 2 aliphatic rings. The number of carbonyl (C=O) groups is 1. The predicted octanol–water partition coefficient (Wildman–Crippen LogP) is 5.82. The van der Waals surface area contributed by atoms with Crippen LogP contribution in [-0.2, 0) is 17.7 Å². The Morgan fingerprint density at radius 1 is 1.09 bits per heavy atom. The van der Waals surface area contributed by atoms with Crippen LogP contribution in [0.25, 0.3) is 27.2 Å². The number of hydrogen-bond donors (Lipinski definition) is 0. The molecule has 2 aromatic carbocycles. The molecule has 1 amide bonds. The van der Waals surface area contributed by atoms with E-state index in [1.54, 1.807) is 16.2 Å². The topological polar surface area (TPSA) is 65.8 Å². The monoisotopic (exact) mass is 489 g/mol. The normalized spacial score (nSPS) is 15.2. The Bertz CT molecular complexity index is 1430. The lowest BCUT2D eigenvalue weighted by Crippen LogP contribution is -2.39. The number of amides is 1. The number of ether oxygens (including phenoxy) is 3. The van der Waals surface area contributed by atoms with Crippen molar-refractivity contribution < 1.29 is 19.0 Å². The Morgan fingerprint density at radius 2 is 1.91 bits per heavy atom. The van der Waals surface area contributed by atoms with Crippen LogP contribution >= 0.6 is 11.3 Å². The van der Waals surface area contributed by atoms with E-state index in [0.717, 1.165) is 55.7 Å². The molecule has 0 N–H and O–H groups in total. The third-order valence-corrected chi connectivity index (χ3v) is 7.25. The molecular formula is C27H27N3O4S. The molecule has 4 heterocycles. The maximum absolute atomic E-state index is 12.6. The van der Waals surface area contributed by atoms with Gasteiger partial charge in [0.2, 0.25) is 0 Å². The number of nitrogens with zero attached hydrogens (tertiary/aromatic N) is 3. The molecule has 0 atom stereocenters. The molecule has 8 heteroatoms. The van der Waals surface area contributed by atoms with Crippen molar-refractivity contribution in [2.24, 2.45) is 0 Å². The van der Waals surface area contributed by atoms with Gasteiger partial charge in [-0.15, -0.1) is 0 Å². The van der Waals surface area contributed by atoms with Crippen LogP contribution in [0.4, 0.5) is 4.79 Å². The Kier molecular flexibility index (Phi) is 5.21. The van der Waals surface area contributed by atoms with E-state index in [0.29, 0.717) is 26.3 Å². The second kappa shape index (κ2) is 8.30. The summed E-state index contributed by atoms with van der Waals surface area (Å²) >= 11 is 1.63. The summed E-state index contributed by atoms with van der Waals surface area (Å²) in [5.41, 5.74) is 3.87. The van der Waals surface area contributed by atoms with E-state index in [2.05, 4.69) is 41.1 Å². The lowest BCUT2D eigenvalue weighted by molar-refractivity contribution is 0.0225. The molecule has 180 valence electrons. The first kappa shape index (κ1) is 22.0. The zero-order chi connectivity index (χ0) is 24.2. The molecule has 0 spiro atoms. The minimum atomic E-state index is -0.505. The molecule has 0 fully saturated rings. The molecule has 0 saturated carbocycles. The Labute approximate surface area is 207 Å². The predicted molar refractivity (Wildman–Crippen MR) is 136 cm³/mol. The average Bonchev–Trinajstić information content (AvgIpc) is 3.46.